The van der Waals surface area contributed by atoms with Crippen LogP contribution in [0.5, 0.6) is 0 Å². The molecule has 0 aliphatic carbocycles. The fourth-order valence-corrected chi connectivity index (χ4v) is 3.39. The molecule has 5 nitrogen and oxygen atoms in total. The van der Waals surface area contributed by atoms with Gasteiger partial charge in [-0.15, -0.1) is 0 Å². The normalized spacial score (nSPS) is 10.8. The van der Waals surface area contributed by atoms with Crippen LogP contribution in [0.25, 0.3) is 10.8 Å². The summed E-state index contributed by atoms with van der Waals surface area (Å²) in [7, 11) is 0. The molecule has 0 aliphatic heterocycles. The van der Waals surface area contributed by atoms with E-state index in [0.29, 0.717) is 17.5 Å². The largest absolute Gasteiger partial charge is 0.324 e. The molecule has 0 fully saturated rings. The van der Waals surface area contributed by atoms with E-state index in [4.69, 9.17) is 0 Å². The lowest BCUT2D eigenvalue weighted by molar-refractivity contribution is -0.117. The van der Waals surface area contributed by atoms with Gasteiger partial charge in [-0.25, -0.2) is 4.68 Å². The third-order valence-electron chi connectivity index (χ3n) is 4.75. The second-order valence-electron chi connectivity index (χ2n) is 7.04. The van der Waals surface area contributed by atoms with Gasteiger partial charge < -0.3 is 5.32 Å². The van der Waals surface area contributed by atoms with Crippen LogP contribution in [0.15, 0.2) is 83.7 Å². The van der Waals surface area contributed by atoms with Crippen LogP contribution in [-0.4, -0.2) is 15.7 Å². The smallest absolute Gasteiger partial charge is 0.275 e. The highest BCUT2D eigenvalue weighted by Gasteiger charge is 2.13. The number of rotatable bonds is 5. The molecular formula is C24H21N3O2. The summed E-state index contributed by atoms with van der Waals surface area (Å²) in [6.07, 6.45) is 0.584. The molecule has 4 aromatic rings. The quantitative estimate of drug-likeness (QED) is 0.568. The number of hydrogen-bond donors (Lipinski definition) is 1. The molecule has 1 N–H and O–H groups in total. The molecular weight excluding hydrogens is 362 g/mol. The van der Waals surface area contributed by atoms with E-state index < -0.39 is 0 Å². The highest BCUT2D eigenvalue weighted by atomic mass is 16.2. The molecule has 0 bridgehead atoms. The molecule has 0 saturated carbocycles. The van der Waals surface area contributed by atoms with Crippen LogP contribution in [0.4, 0.5) is 5.69 Å². The third-order valence-corrected chi connectivity index (χ3v) is 4.75. The number of nitrogens with one attached hydrogen (secondary N) is 1. The number of hydrogen-bond acceptors (Lipinski definition) is 3. The van der Waals surface area contributed by atoms with Crippen molar-refractivity contribution >= 4 is 22.4 Å². The minimum absolute atomic E-state index is 0.139. The Morgan fingerprint density at radius 1 is 0.931 bits per heavy atom. The van der Waals surface area contributed by atoms with Crippen molar-refractivity contribution in [3.8, 4) is 0 Å². The lowest BCUT2D eigenvalue weighted by Gasteiger charge is -2.12. The molecule has 1 heterocycles. The van der Waals surface area contributed by atoms with E-state index in [1.165, 1.54) is 4.68 Å². The lowest BCUT2D eigenvalue weighted by atomic mass is 10.0. The summed E-state index contributed by atoms with van der Waals surface area (Å²) in [6.45, 7) is 1.82. The maximum Gasteiger partial charge on any atom is 0.275 e. The lowest BCUT2D eigenvalue weighted by Crippen LogP contribution is -2.30. The molecule has 0 radical (unpaired) electrons. The number of nitrogens with zero attached hydrogens (tertiary/aromatic N) is 2. The molecule has 0 unspecified atom stereocenters. The van der Waals surface area contributed by atoms with Gasteiger partial charge in [0.1, 0.15) is 6.54 Å². The summed E-state index contributed by atoms with van der Waals surface area (Å²) < 4.78 is 1.26. The first-order valence-corrected chi connectivity index (χ1v) is 9.49. The minimum atomic E-state index is -0.286. The number of aryl methyl sites for hydroxylation is 1. The number of benzene rings is 3. The maximum atomic E-state index is 12.9. The van der Waals surface area contributed by atoms with E-state index in [0.717, 1.165) is 22.2 Å². The SMILES string of the molecule is Cc1cccc(NC(=O)Cn2nc(Cc3ccccc3)c3ccccc3c2=O)c1. The van der Waals surface area contributed by atoms with Gasteiger partial charge >= 0.3 is 0 Å². The van der Waals surface area contributed by atoms with Crippen LogP contribution >= 0.6 is 0 Å². The Bertz CT molecular complexity index is 1230. The van der Waals surface area contributed by atoms with Crippen molar-refractivity contribution in [3.05, 3.63) is 106 Å². The van der Waals surface area contributed by atoms with Gasteiger partial charge in [-0.3, -0.25) is 9.59 Å². The molecule has 3 aromatic carbocycles. The van der Waals surface area contributed by atoms with Gasteiger partial charge in [0.25, 0.3) is 5.56 Å². The highest BCUT2D eigenvalue weighted by Crippen LogP contribution is 2.17. The van der Waals surface area contributed by atoms with Crippen LogP contribution in [0, 0.1) is 6.92 Å². The zero-order valence-electron chi connectivity index (χ0n) is 16.1. The Morgan fingerprint density at radius 3 is 2.41 bits per heavy atom. The Hall–Kier alpha value is -3.73. The first kappa shape index (κ1) is 18.6. The topological polar surface area (TPSA) is 64.0 Å². The Labute approximate surface area is 168 Å². The van der Waals surface area contributed by atoms with Crippen molar-refractivity contribution < 1.29 is 4.79 Å². The van der Waals surface area contributed by atoms with Gasteiger partial charge in [-0.05, 0) is 36.2 Å². The van der Waals surface area contributed by atoms with Gasteiger partial charge in [-0.2, -0.15) is 5.10 Å². The monoisotopic (exact) mass is 383 g/mol. The molecule has 0 aliphatic rings. The Morgan fingerprint density at radius 2 is 1.66 bits per heavy atom. The van der Waals surface area contributed by atoms with Crippen LogP contribution in [0.1, 0.15) is 16.8 Å². The molecule has 1 amide bonds. The summed E-state index contributed by atoms with van der Waals surface area (Å²) in [4.78, 5) is 25.4. The van der Waals surface area contributed by atoms with Crippen LogP contribution < -0.4 is 10.9 Å². The first-order valence-electron chi connectivity index (χ1n) is 9.49. The van der Waals surface area contributed by atoms with Gasteiger partial charge in [0, 0.05) is 17.5 Å². The number of anilines is 1. The highest BCUT2D eigenvalue weighted by molar-refractivity contribution is 5.91. The fraction of sp³-hybridized carbons (Fsp3) is 0.125. The number of carbonyl (C=O) groups excluding carboxylic acids is 1. The van der Waals surface area contributed by atoms with Gasteiger partial charge in [0.05, 0.1) is 11.1 Å². The second-order valence-corrected chi connectivity index (χ2v) is 7.04. The van der Waals surface area contributed by atoms with Crippen molar-refractivity contribution in [1.82, 2.24) is 9.78 Å². The average Bonchev–Trinajstić information content (AvgIpc) is 2.72. The predicted octanol–water partition coefficient (Wildman–Crippen LogP) is 3.93. The number of carbonyl (C=O) groups is 1. The third kappa shape index (κ3) is 4.24. The Balaban J connectivity index is 1.67. The van der Waals surface area contributed by atoms with Gasteiger partial charge in [0.15, 0.2) is 0 Å². The summed E-state index contributed by atoms with van der Waals surface area (Å²) >= 11 is 0. The molecule has 1 aromatic heterocycles. The Kier molecular flexibility index (Phi) is 5.20. The number of amides is 1. The molecule has 144 valence electrons. The van der Waals surface area contributed by atoms with Gasteiger partial charge in [0.2, 0.25) is 5.91 Å². The van der Waals surface area contributed by atoms with E-state index in [9.17, 15) is 9.59 Å². The van der Waals surface area contributed by atoms with E-state index in [-0.39, 0.29) is 18.0 Å². The van der Waals surface area contributed by atoms with Crippen molar-refractivity contribution in [2.45, 2.75) is 19.9 Å². The zero-order chi connectivity index (χ0) is 20.2. The van der Waals surface area contributed by atoms with E-state index in [1.807, 2.05) is 79.7 Å². The van der Waals surface area contributed by atoms with E-state index in [2.05, 4.69) is 10.4 Å². The summed E-state index contributed by atoms with van der Waals surface area (Å²) in [6, 6.07) is 24.9. The van der Waals surface area contributed by atoms with Crippen molar-refractivity contribution in [2.24, 2.45) is 0 Å². The van der Waals surface area contributed by atoms with E-state index >= 15 is 0 Å². The molecule has 0 spiro atoms. The van der Waals surface area contributed by atoms with Crippen LogP contribution in [0.3, 0.4) is 0 Å². The molecule has 29 heavy (non-hydrogen) atoms. The van der Waals surface area contributed by atoms with Gasteiger partial charge in [-0.1, -0.05) is 60.7 Å². The zero-order valence-corrected chi connectivity index (χ0v) is 16.1. The average molecular weight is 383 g/mol. The second kappa shape index (κ2) is 8.10. The molecule has 5 heteroatoms. The van der Waals surface area contributed by atoms with Crippen molar-refractivity contribution in [2.75, 3.05) is 5.32 Å². The summed E-state index contributed by atoms with van der Waals surface area (Å²) in [5, 5.41) is 8.76. The predicted molar refractivity (Wildman–Crippen MR) is 115 cm³/mol. The molecule has 0 atom stereocenters. The first-order chi connectivity index (χ1) is 14.1. The number of fused-ring (bicyclic) bond motifs is 1. The molecule has 0 saturated heterocycles. The molecule has 4 rings (SSSR count). The van der Waals surface area contributed by atoms with E-state index in [1.54, 1.807) is 6.07 Å². The van der Waals surface area contributed by atoms with Crippen LogP contribution in [0.2, 0.25) is 0 Å². The maximum absolute atomic E-state index is 12.9. The van der Waals surface area contributed by atoms with Crippen LogP contribution in [-0.2, 0) is 17.8 Å². The summed E-state index contributed by atoms with van der Waals surface area (Å²) in [5.74, 6) is -0.286. The van der Waals surface area contributed by atoms with Crippen molar-refractivity contribution in [3.63, 3.8) is 0 Å². The minimum Gasteiger partial charge on any atom is -0.324 e. The fourth-order valence-electron chi connectivity index (χ4n) is 3.39. The standard InChI is InChI=1S/C24H21N3O2/c1-17-8-7-11-19(14-17)25-23(28)16-27-24(29)21-13-6-5-12-20(21)22(26-27)15-18-9-3-2-4-10-18/h2-14H,15-16H2,1H3,(H,25,28). The van der Waals surface area contributed by atoms with Crippen molar-refractivity contribution in [1.29, 1.82) is 0 Å². The number of aromatic nitrogens is 2. The summed E-state index contributed by atoms with van der Waals surface area (Å²) in [5.41, 5.74) is 3.36.